The number of halogens is 4. The Kier molecular flexibility index (Phi) is 4.58. The quantitative estimate of drug-likeness (QED) is 0.614. The van der Waals surface area contributed by atoms with Crippen LogP contribution in [0, 0.1) is 0 Å². The molecule has 0 amide bonds. The van der Waals surface area contributed by atoms with Gasteiger partial charge in [-0.15, -0.1) is 0 Å². The summed E-state index contributed by atoms with van der Waals surface area (Å²) in [5, 5.41) is 0.761. The molecule has 2 heterocycles. The average molecular weight is 340 g/mol. The molecule has 0 N–H and O–H groups in total. The molecule has 0 saturated carbocycles. The highest BCUT2D eigenvalue weighted by Crippen LogP contribution is 2.30. The molecular weight excluding hydrogens is 334 g/mol. The van der Waals surface area contributed by atoms with Gasteiger partial charge in [0, 0.05) is 24.5 Å². The van der Waals surface area contributed by atoms with Gasteiger partial charge in [0.25, 0.3) is 0 Å². The molecule has 0 unspecified atom stereocenters. The van der Waals surface area contributed by atoms with Crippen LogP contribution in [0.4, 0.5) is 0 Å². The molecule has 2 rings (SSSR count). The van der Waals surface area contributed by atoms with Crippen LogP contribution in [0.3, 0.4) is 0 Å². The summed E-state index contributed by atoms with van der Waals surface area (Å²) in [4.78, 5) is 7.65. The van der Waals surface area contributed by atoms with E-state index in [9.17, 15) is 0 Å². The smallest absolute Gasteiger partial charge is 0.419 e. The van der Waals surface area contributed by atoms with E-state index < -0.39 is 4.71 Å². The SMILES string of the molecule is Clc1cncc(OC(Cl)(Cl)Oc2cncc(Cl)c2)c1. The van der Waals surface area contributed by atoms with Crippen molar-refractivity contribution in [2.75, 3.05) is 0 Å². The molecule has 0 aliphatic rings. The van der Waals surface area contributed by atoms with Crippen LogP contribution in [0.25, 0.3) is 0 Å². The molecule has 0 saturated heterocycles. The maximum Gasteiger partial charge on any atom is 0.419 e. The van der Waals surface area contributed by atoms with Crippen LogP contribution in [0.2, 0.25) is 10.0 Å². The Balaban J connectivity index is 2.10. The minimum absolute atomic E-state index is 0.257. The number of ether oxygens (including phenoxy) is 2. The standard InChI is InChI=1S/C11H6Cl4N2O2/c12-7-1-9(5-16-3-7)18-11(14,15)19-10-2-8(13)4-17-6-10/h1-6H. The first-order valence-corrected chi connectivity index (χ1v) is 6.43. The minimum atomic E-state index is -1.96. The molecule has 0 bridgehead atoms. The van der Waals surface area contributed by atoms with Crippen LogP contribution < -0.4 is 9.47 Å². The van der Waals surface area contributed by atoms with E-state index >= 15 is 0 Å². The van der Waals surface area contributed by atoms with E-state index in [4.69, 9.17) is 55.9 Å². The fraction of sp³-hybridized carbons (Fsp3) is 0.0909. The largest absolute Gasteiger partial charge is 0.426 e. The highest BCUT2D eigenvalue weighted by molar-refractivity contribution is 6.46. The number of alkyl halides is 2. The average Bonchev–Trinajstić information content (AvgIpc) is 2.27. The number of rotatable bonds is 4. The fourth-order valence-corrected chi connectivity index (χ4v) is 1.88. The third-order valence-electron chi connectivity index (χ3n) is 1.83. The molecule has 100 valence electrons. The third-order valence-corrected chi connectivity index (χ3v) is 2.55. The molecule has 8 heteroatoms. The normalized spacial score (nSPS) is 11.2. The maximum absolute atomic E-state index is 5.89. The fourth-order valence-electron chi connectivity index (χ4n) is 1.19. The first-order chi connectivity index (χ1) is 8.94. The molecule has 0 atom stereocenters. The van der Waals surface area contributed by atoms with Gasteiger partial charge in [0.05, 0.1) is 22.4 Å². The van der Waals surface area contributed by atoms with E-state index in [0.29, 0.717) is 10.0 Å². The summed E-state index contributed by atoms with van der Waals surface area (Å²) in [6.07, 6.45) is 5.68. The lowest BCUT2D eigenvalue weighted by molar-refractivity contribution is 0.0365. The molecule has 0 fully saturated rings. The van der Waals surface area contributed by atoms with Gasteiger partial charge in [-0.05, 0) is 23.2 Å². The Labute approximate surface area is 129 Å². The Morgan fingerprint density at radius 1 is 0.789 bits per heavy atom. The molecule has 0 aliphatic heterocycles. The lowest BCUT2D eigenvalue weighted by atomic mass is 10.4. The van der Waals surface area contributed by atoms with Gasteiger partial charge in [0.15, 0.2) is 0 Å². The lowest BCUT2D eigenvalue weighted by Gasteiger charge is -2.21. The summed E-state index contributed by atoms with van der Waals surface area (Å²) in [6, 6.07) is 2.99. The summed E-state index contributed by atoms with van der Waals surface area (Å²) in [5.41, 5.74) is 0. The van der Waals surface area contributed by atoms with E-state index in [1.807, 2.05) is 0 Å². The second kappa shape index (κ2) is 6.01. The van der Waals surface area contributed by atoms with E-state index in [1.165, 1.54) is 36.9 Å². The van der Waals surface area contributed by atoms with Crippen molar-refractivity contribution in [1.82, 2.24) is 9.97 Å². The maximum atomic E-state index is 5.89. The number of nitrogens with zero attached hydrogens (tertiary/aromatic N) is 2. The Bertz CT molecular complexity index is 531. The van der Waals surface area contributed by atoms with Gasteiger partial charge >= 0.3 is 4.71 Å². The number of aromatic nitrogens is 2. The van der Waals surface area contributed by atoms with Gasteiger partial charge in [0.2, 0.25) is 0 Å². The second-order valence-corrected chi connectivity index (χ2v) is 5.41. The number of hydrogen-bond acceptors (Lipinski definition) is 4. The van der Waals surface area contributed by atoms with Gasteiger partial charge in [-0.1, -0.05) is 23.2 Å². The van der Waals surface area contributed by atoms with Crippen molar-refractivity contribution < 1.29 is 9.47 Å². The zero-order valence-corrected chi connectivity index (χ0v) is 12.2. The predicted octanol–water partition coefficient (Wildman–Crippen LogP) is 4.33. The minimum Gasteiger partial charge on any atom is -0.426 e. The summed E-state index contributed by atoms with van der Waals surface area (Å²) in [7, 11) is 0. The number of hydrogen-bond donors (Lipinski definition) is 0. The molecule has 2 aromatic rings. The molecule has 0 aliphatic carbocycles. The van der Waals surface area contributed by atoms with Gasteiger partial charge in [0.1, 0.15) is 11.5 Å². The Morgan fingerprint density at radius 2 is 1.21 bits per heavy atom. The van der Waals surface area contributed by atoms with Crippen LogP contribution in [-0.2, 0) is 0 Å². The van der Waals surface area contributed by atoms with Crippen molar-refractivity contribution in [3.8, 4) is 11.5 Å². The third kappa shape index (κ3) is 4.58. The second-order valence-electron chi connectivity index (χ2n) is 3.35. The molecule has 0 radical (unpaired) electrons. The monoisotopic (exact) mass is 338 g/mol. The van der Waals surface area contributed by atoms with Crippen LogP contribution in [0.15, 0.2) is 36.9 Å². The van der Waals surface area contributed by atoms with E-state index in [2.05, 4.69) is 9.97 Å². The summed E-state index contributed by atoms with van der Waals surface area (Å²) in [5.74, 6) is 0.514. The van der Waals surface area contributed by atoms with Gasteiger partial charge in [-0.2, -0.15) is 0 Å². The van der Waals surface area contributed by atoms with Crippen molar-refractivity contribution in [1.29, 1.82) is 0 Å². The number of pyridine rings is 2. The zero-order valence-electron chi connectivity index (χ0n) is 9.19. The predicted molar refractivity (Wildman–Crippen MR) is 74.2 cm³/mol. The highest BCUT2D eigenvalue weighted by Gasteiger charge is 2.30. The molecule has 0 spiro atoms. The van der Waals surface area contributed by atoms with Crippen LogP contribution in [0.5, 0.6) is 11.5 Å². The van der Waals surface area contributed by atoms with Gasteiger partial charge in [-0.3, -0.25) is 9.97 Å². The van der Waals surface area contributed by atoms with Crippen molar-refractivity contribution in [3.63, 3.8) is 0 Å². The molecule has 19 heavy (non-hydrogen) atoms. The first-order valence-electron chi connectivity index (χ1n) is 4.91. The Hall–Kier alpha value is -0.940. The van der Waals surface area contributed by atoms with Crippen molar-refractivity contribution in [2.45, 2.75) is 4.71 Å². The van der Waals surface area contributed by atoms with Crippen LogP contribution in [-0.4, -0.2) is 14.7 Å². The molecule has 2 aromatic heterocycles. The highest BCUT2D eigenvalue weighted by atomic mass is 35.5. The van der Waals surface area contributed by atoms with E-state index in [-0.39, 0.29) is 11.5 Å². The molecule has 4 nitrogen and oxygen atoms in total. The van der Waals surface area contributed by atoms with Crippen LogP contribution >= 0.6 is 46.4 Å². The van der Waals surface area contributed by atoms with Gasteiger partial charge < -0.3 is 9.47 Å². The summed E-state index contributed by atoms with van der Waals surface area (Å²) >= 11 is 23.3. The summed E-state index contributed by atoms with van der Waals surface area (Å²) in [6.45, 7) is 0. The van der Waals surface area contributed by atoms with Gasteiger partial charge in [-0.25, -0.2) is 0 Å². The topological polar surface area (TPSA) is 44.2 Å². The van der Waals surface area contributed by atoms with E-state index in [0.717, 1.165) is 0 Å². The van der Waals surface area contributed by atoms with Crippen molar-refractivity contribution >= 4 is 46.4 Å². The zero-order chi connectivity index (χ0) is 13.9. The molecule has 0 aromatic carbocycles. The molecular formula is C11H6Cl4N2O2. The van der Waals surface area contributed by atoms with Crippen molar-refractivity contribution in [3.05, 3.63) is 47.0 Å². The lowest BCUT2D eigenvalue weighted by Crippen LogP contribution is -2.29. The van der Waals surface area contributed by atoms with Crippen molar-refractivity contribution in [2.24, 2.45) is 0 Å². The first kappa shape index (κ1) is 14.5. The Morgan fingerprint density at radius 3 is 1.58 bits per heavy atom. The van der Waals surface area contributed by atoms with Crippen LogP contribution in [0.1, 0.15) is 0 Å². The summed E-state index contributed by atoms with van der Waals surface area (Å²) < 4.78 is 8.47. The van der Waals surface area contributed by atoms with E-state index in [1.54, 1.807) is 0 Å².